The van der Waals surface area contributed by atoms with E-state index >= 15 is 0 Å². The summed E-state index contributed by atoms with van der Waals surface area (Å²) >= 11 is 0. The molecule has 7 heteroatoms. The molecule has 1 aliphatic rings. The van der Waals surface area contributed by atoms with E-state index in [1.165, 1.54) is 23.1 Å². The van der Waals surface area contributed by atoms with Gasteiger partial charge in [-0.1, -0.05) is 36.4 Å². The number of carbonyl (C=O) groups excluding carboxylic acids is 2. The third kappa shape index (κ3) is 3.88. The van der Waals surface area contributed by atoms with Crippen LogP contribution < -0.4 is 5.32 Å². The van der Waals surface area contributed by atoms with Crippen molar-refractivity contribution >= 4 is 11.8 Å². The summed E-state index contributed by atoms with van der Waals surface area (Å²) in [7, 11) is 0. The molecule has 2 aromatic carbocycles. The minimum atomic E-state index is -4.55. The summed E-state index contributed by atoms with van der Waals surface area (Å²) < 4.78 is 40.1. The van der Waals surface area contributed by atoms with Crippen molar-refractivity contribution in [3.05, 3.63) is 70.8 Å². The molecular weight excluding hydrogens is 369 g/mol. The SMILES string of the molecule is CC(C)(C)NC(=O)C1c2ccccc2C(=O)N1Cc1ccccc1C(F)(F)F. The zero-order chi connectivity index (χ0) is 20.7. The molecule has 4 nitrogen and oxygen atoms in total. The summed E-state index contributed by atoms with van der Waals surface area (Å²) in [6.45, 7) is 5.09. The molecule has 148 valence electrons. The molecule has 1 N–H and O–H groups in total. The summed E-state index contributed by atoms with van der Waals surface area (Å²) in [5.74, 6) is -0.878. The van der Waals surface area contributed by atoms with Crippen molar-refractivity contribution in [2.75, 3.05) is 0 Å². The van der Waals surface area contributed by atoms with E-state index < -0.39 is 35.1 Å². The lowest BCUT2D eigenvalue weighted by molar-refractivity contribution is -0.138. The van der Waals surface area contributed by atoms with Crippen molar-refractivity contribution in [3.8, 4) is 0 Å². The van der Waals surface area contributed by atoms with E-state index in [0.717, 1.165) is 6.07 Å². The minimum Gasteiger partial charge on any atom is -0.349 e. The zero-order valence-electron chi connectivity index (χ0n) is 15.8. The average Bonchev–Trinajstić information content (AvgIpc) is 2.86. The topological polar surface area (TPSA) is 49.4 Å². The van der Waals surface area contributed by atoms with Crippen LogP contribution in [0, 0.1) is 0 Å². The van der Waals surface area contributed by atoms with E-state index in [9.17, 15) is 22.8 Å². The summed E-state index contributed by atoms with van der Waals surface area (Å²) in [4.78, 5) is 27.0. The number of rotatable bonds is 3. The molecule has 0 radical (unpaired) electrons. The Bertz CT molecular complexity index is 916. The quantitative estimate of drug-likeness (QED) is 0.849. The van der Waals surface area contributed by atoms with Gasteiger partial charge in [-0.25, -0.2) is 0 Å². The lowest BCUT2D eigenvalue weighted by Gasteiger charge is -2.29. The van der Waals surface area contributed by atoms with E-state index in [1.54, 1.807) is 45.0 Å². The second-order valence-corrected chi connectivity index (χ2v) is 7.82. The first-order valence-corrected chi connectivity index (χ1v) is 8.86. The average molecular weight is 390 g/mol. The standard InChI is InChI=1S/C21H21F3N2O2/c1-20(2,3)25-18(27)17-14-9-5-6-10-15(14)19(28)26(17)12-13-8-4-7-11-16(13)21(22,23)24/h4-11,17H,12H2,1-3H3,(H,25,27). The van der Waals surface area contributed by atoms with Crippen LogP contribution in [0.2, 0.25) is 0 Å². The van der Waals surface area contributed by atoms with Crippen LogP contribution in [0.5, 0.6) is 0 Å². The van der Waals surface area contributed by atoms with Gasteiger partial charge in [0.15, 0.2) is 0 Å². The smallest absolute Gasteiger partial charge is 0.349 e. The maximum Gasteiger partial charge on any atom is 0.416 e. The third-order valence-corrected chi connectivity index (χ3v) is 4.47. The first-order chi connectivity index (χ1) is 13.0. The molecule has 28 heavy (non-hydrogen) atoms. The number of fused-ring (bicyclic) bond motifs is 1. The second kappa shape index (κ2) is 6.96. The largest absolute Gasteiger partial charge is 0.416 e. The van der Waals surface area contributed by atoms with Crippen LogP contribution in [-0.4, -0.2) is 22.3 Å². The highest BCUT2D eigenvalue weighted by atomic mass is 19.4. The van der Waals surface area contributed by atoms with Crippen molar-refractivity contribution in [2.24, 2.45) is 0 Å². The fourth-order valence-electron chi connectivity index (χ4n) is 3.37. The molecule has 0 bridgehead atoms. The van der Waals surface area contributed by atoms with Crippen LogP contribution in [0.3, 0.4) is 0 Å². The molecule has 0 spiro atoms. The van der Waals surface area contributed by atoms with Crippen molar-refractivity contribution in [1.82, 2.24) is 10.2 Å². The van der Waals surface area contributed by atoms with Gasteiger partial charge < -0.3 is 10.2 Å². The van der Waals surface area contributed by atoms with E-state index in [2.05, 4.69) is 5.32 Å². The van der Waals surface area contributed by atoms with Crippen LogP contribution in [-0.2, 0) is 17.5 Å². The first kappa shape index (κ1) is 19.9. The highest BCUT2D eigenvalue weighted by molar-refractivity contribution is 6.04. The van der Waals surface area contributed by atoms with Crippen molar-refractivity contribution < 1.29 is 22.8 Å². The van der Waals surface area contributed by atoms with Crippen LogP contribution in [0.1, 0.15) is 53.9 Å². The third-order valence-electron chi connectivity index (χ3n) is 4.47. The molecule has 0 aliphatic carbocycles. The Morgan fingerprint density at radius 2 is 1.64 bits per heavy atom. The van der Waals surface area contributed by atoms with E-state index in [-0.39, 0.29) is 12.1 Å². The number of amides is 2. The molecular formula is C21H21F3N2O2. The maximum atomic E-state index is 13.4. The van der Waals surface area contributed by atoms with E-state index in [4.69, 9.17) is 0 Å². The van der Waals surface area contributed by atoms with Crippen molar-refractivity contribution in [3.63, 3.8) is 0 Å². The summed E-state index contributed by atoms with van der Waals surface area (Å²) in [6.07, 6.45) is -4.55. The molecule has 2 amide bonds. The van der Waals surface area contributed by atoms with Gasteiger partial charge in [0, 0.05) is 17.6 Å². The predicted molar refractivity (Wildman–Crippen MR) is 98.4 cm³/mol. The minimum absolute atomic E-state index is 0.0512. The van der Waals surface area contributed by atoms with Gasteiger partial charge in [0.05, 0.1) is 5.56 Å². The van der Waals surface area contributed by atoms with Gasteiger partial charge in [-0.2, -0.15) is 13.2 Å². The van der Waals surface area contributed by atoms with Gasteiger partial charge in [0.25, 0.3) is 5.91 Å². The van der Waals surface area contributed by atoms with Gasteiger partial charge in [0.1, 0.15) is 6.04 Å². The normalized spacial score (nSPS) is 16.9. The van der Waals surface area contributed by atoms with E-state index in [1.807, 2.05) is 0 Å². The van der Waals surface area contributed by atoms with Crippen molar-refractivity contribution in [1.29, 1.82) is 0 Å². The Morgan fingerprint density at radius 3 is 2.29 bits per heavy atom. The van der Waals surface area contributed by atoms with Gasteiger partial charge in [-0.15, -0.1) is 0 Å². The number of alkyl halides is 3. The van der Waals surface area contributed by atoms with Gasteiger partial charge in [-0.3, -0.25) is 9.59 Å². The Balaban J connectivity index is 2.02. The highest BCUT2D eigenvalue weighted by Gasteiger charge is 2.43. The summed E-state index contributed by atoms with van der Waals surface area (Å²) in [5, 5.41) is 2.83. The Kier molecular flexibility index (Phi) is 4.95. The van der Waals surface area contributed by atoms with Crippen LogP contribution in [0.25, 0.3) is 0 Å². The Morgan fingerprint density at radius 1 is 1.04 bits per heavy atom. The van der Waals surface area contributed by atoms with Gasteiger partial charge in [0.2, 0.25) is 5.91 Å². The molecule has 1 atom stereocenters. The number of carbonyl (C=O) groups is 2. The molecule has 0 aromatic heterocycles. The highest BCUT2D eigenvalue weighted by Crippen LogP contribution is 2.38. The molecule has 1 heterocycles. The van der Waals surface area contributed by atoms with Crippen molar-refractivity contribution in [2.45, 2.75) is 45.1 Å². The second-order valence-electron chi connectivity index (χ2n) is 7.82. The fraction of sp³-hybridized carbons (Fsp3) is 0.333. The van der Waals surface area contributed by atoms with Crippen LogP contribution in [0.4, 0.5) is 13.2 Å². The van der Waals surface area contributed by atoms with Crippen LogP contribution >= 0.6 is 0 Å². The lowest BCUT2D eigenvalue weighted by Crippen LogP contribution is -2.46. The number of halogens is 3. The zero-order valence-corrected chi connectivity index (χ0v) is 15.8. The monoisotopic (exact) mass is 390 g/mol. The fourth-order valence-corrected chi connectivity index (χ4v) is 3.37. The molecule has 0 fully saturated rings. The first-order valence-electron chi connectivity index (χ1n) is 8.86. The Hall–Kier alpha value is -2.83. The van der Waals surface area contributed by atoms with Gasteiger partial charge >= 0.3 is 6.18 Å². The number of nitrogens with zero attached hydrogens (tertiary/aromatic N) is 1. The number of hydrogen-bond acceptors (Lipinski definition) is 2. The van der Waals surface area contributed by atoms with Crippen LogP contribution in [0.15, 0.2) is 48.5 Å². The predicted octanol–water partition coefficient (Wildman–Crippen LogP) is 4.32. The molecule has 0 saturated heterocycles. The number of nitrogens with one attached hydrogen (secondary N) is 1. The molecule has 1 unspecified atom stereocenters. The summed E-state index contributed by atoms with van der Waals surface area (Å²) in [6, 6.07) is 10.7. The molecule has 0 saturated carbocycles. The van der Waals surface area contributed by atoms with Gasteiger partial charge in [-0.05, 0) is 44.0 Å². The Labute approximate surface area is 161 Å². The molecule has 1 aliphatic heterocycles. The number of benzene rings is 2. The van der Waals surface area contributed by atoms with E-state index in [0.29, 0.717) is 11.1 Å². The maximum absolute atomic E-state index is 13.4. The molecule has 3 rings (SSSR count). The number of hydrogen-bond donors (Lipinski definition) is 1. The molecule has 2 aromatic rings. The lowest BCUT2D eigenvalue weighted by atomic mass is 10.0. The summed E-state index contributed by atoms with van der Waals surface area (Å²) in [5.41, 5.74) is -0.578.